The molecule has 0 bridgehead atoms. The van der Waals surface area contributed by atoms with Crippen molar-refractivity contribution in [2.24, 2.45) is 0 Å². The van der Waals surface area contributed by atoms with Crippen LogP contribution in [-0.4, -0.2) is 29.3 Å². The van der Waals surface area contributed by atoms with Crippen molar-refractivity contribution in [3.05, 3.63) is 76.9 Å². The number of aromatic nitrogens is 1. The number of amides is 3. The van der Waals surface area contributed by atoms with E-state index in [0.717, 1.165) is 5.56 Å². The topological polar surface area (TPSA) is 100 Å². The molecule has 0 aliphatic heterocycles. The molecule has 0 unspecified atom stereocenters. The monoisotopic (exact) mass is 422 g/mol. The molecule has 8 heteroatoms. The van der Waals surface area contributed by atoms with Gasteiger partial charge in [0, 0.05) is 11.8 Å². The van der Waals surface area contributed by atoms with Crippen molar-refractivity contribution in [2.45, 2.75) is 19.8 Å². The Hall–Kier alpha value is -3.52. The summed E-state index contributed by atoms with van der Waals surface area (Å²) in [6.07, 6.45) is 3.11. The summed E-state index contributed by atoms with van der Waals surface area (Å²) >= 11 is 1.24. The molecule has 0 spiro atoms. The van der Waals surface area contributed by atoms with Crippen molar-refractivity contribution < 1.29 is 14.4 Å². The Kier molecular flexibility index (Phi) is 6.92. The highest BCUT2D eigenvalue weighted by Gasteiger charge is 2.17. The van der Waals surface area contributed by atoms with Gasteiger partial charge in [-0.3, -0.25) is 19.4 Å². The van der Waals surface area contributed by atoms with Gasteiger partial charge in [0.15, 0.2) is 0 Å². The van der Waals surface area contributed by atoms with Crippen molar-refractivity contribution in [1.29, 1.82) is 0 Å². The number of rotatable bonds is 7. The molecule has 3 N–H and O–H groups in total. The number of anilines is 2. The lowest BCUT2D eigenvalue weighted by molar-refractivity contribution is -0.115. The highest BCUT2D eigenvalue weighted by Crippen LogP contribution is 2.24. The van der Waals surface area contributed by atoms with Crippen LogP contribution in [0.3, 0.4) is 0 Å². The number of hydrogen-bond acceptors (Lipinski definition) is 5. The predicted octanol–water partition coefficient (Wildman–Crippen LogP) is 3.89. The number of nitrogens with one attached hydrogen (secondary N) is 3. The van der Waals surface area contributed by atoms with Crippen LogP contribution in [-0.2, 0) is 4.79 Å². The maximum absolute atomic E-state index is 12.5. The first kappa shape index (κ1) is 21.2. The van der Waals surface area contributed by atoms with Gasteiger partial charge >= 0.3 is 0 Å². The van der Waals surface area contributed by atoms with E-state index in [1.807, 2.05) is 12.1 Å². The number of nitrogens with zero attached hydrogens (tertiary/aromatic N) is 1. The number of carbonyl (C=O) groups is 3. The van der Waals surface area contributed by atoms with Crippen LogP contribution < -0.4 is 16.0 Å². The second kappa shape index (κ2) is 9.80. The first-order valence-electron chi connectivity index (χ1n) is 9.41. The zero-order valence-corrected chi connectivity index (χ0v) is 17.5. The van der Waals surface area contributed by atoms with Gasteiger partial charge in [-0.15, -0.1) is 11.3 Å². The minimum absolute atomic E-state index is 0.201. The molecule has 0 saturated carbocycles. The van der Waals surface area contributed by atoms with E-state index in [1.165, 1.54) is 17.5 Å². The molecule has 1 aromatic carbocycles. The number of carbonyl (C=O) groups excluding carboxylic acids is 3. The van der Waals surface area contributed by atoms with Crippen molar-refractivity contribution in [1.82, 2.24) is 10.3 Å². The molecule has 154 valence electrons. The van der Waals surface area contributed by atoms with Crippen LogP contribution in [0.1, 0.15) is 46.0 Å². The number of thiophene rings is 1. The SMILES string of the molecule is CC(C)c1ccc(C(=O)Nc2sccc2C(=O)NCC(=O)Nc2cccnc2)cc1. The normalized spacial score (nSPS) is 10.5. The van der Waals surface area contributed by atoms with E-state index in [0.29, 0.717) is 27.7 Å². The number of benzene rings is 1. The molecular weight excluding hydrogens is 400 g/mol. The van der Waals surface area contributed by atoms with Crippen LogP contribution >= 0.6 is 11.3 Å². The summed E-state index contributed by atoms with van der Waals surface area (Å²) in [5.74, 6) is -0.730. The van der Waals surface area contributed by atoms with E-state index < -0.39 is 5.91 Å². The summed E-state index contributed by atoms with van der Waals surface area (Å²) in [7, 11) is 0. The van der Waals surface area contributed by atoms with Gasteiger partial charge in [0.05, 0.1) is 24.0 Å². The Morgan fingerprint density at radius 2 is 1.77 bits per heavy atom. The fourth-order valence-electron chi connectivity index (χ4n) is 2.68. The molecule has 0 aliphatic rings. The Morgan fingerprint density at radius 3 is 2.43 bits per heavy atom. The third-order valence-corrected chi connectivity index (χ3v) is 5.16. The van der Waals surface area contributed by atoms with Gasteiger partial charge in [0.1, 0.15) is 5.00 Å². The van der Waals surface area contributed by atoms with Crippen LogP contribution in [0.2, 0.25) is 0 Å². The summed E-state index contributed by atoms with van der Waals surface area (Å²) in [6, 6.07) is 12.4. The van der Waals surface area contributed by atoms with E-state index in [4.69, 9.17) is 0 Å². The van der Waals surface area contributed by atoms with Gasteiger partial charge in [0.25, 0.3) is 11.8 Å². The summed E-state index contributed by atoms with van der Waals surface area (Å²) in [4.78, 5) is 40.9. The fourth-order valence-corrected chi connectivity index (χ4v) is 3.46. The number of pyridine rings is 1. The first-order chi connectivity index (χ1) is 14.4. The molecule has 30 heavy (non-hydrogen) atoms. The lowest BCUT2D eigenvalue weighted by atomic mass is 10.0. The fraction of sp³-hybridized carbons (Fsp3) is 0.182. The first-order valence-corrected chi connectivity index (χ1v) is 10.3. The lowest BCUT2D eigenvalue weighted by Crippen LogP contribution is -2.33. The smallest absolute Gasteiger partial charge is 0.256 e. The summed E-state index contributed by atoms with van der Waals surface area (Å²) in [5.41, 5.74) is 2.51. The quantitative estimate of drug-likeness (QED) is 0.538. The van der Waals surface area contributed by atoms with Crippen LogP contribution in [0.5, 0.6) is 0 Å². The van der Waals surface area contributed by atoms with Crippen molar-refractivity contribution in [3.63, 3.8) is 0 Å². The molecule has 0 aliphatic carbocycles. The van der Waals surface area contributed by atoms with Crippen molar-refractivity contribution >= 4 is 39.7 Å². The zero-order valence-electron chi connectivity index (χ0n) is 16.6. The summed E-state index contributed by atoms with van der Waals surface area (Å²) in [5, 5.41) is 10.1. The average molecular weight is 423 g/mol. The minimum Gasteiger partial charge on any atom is -0.343 e. The maximum Gasteiger partial charge on any atom is 0.256 e. The van der Waals surface area contributed by atoms with Gasteiger partial charge in [-0.1, -0.05) is 26.0 Å². The van der Waals surface area contributed by atoms with E-state index >= 15 is 0 Å². The molecule has 3 amide bonds. The molecule has 7 nitrogen and oxygen atoms in total. The van der Waals surface area contributed by atoms with Crippen LogP contribution in [0.4, 0.5) is 10.7 Å². The predicted molar refractivity (Wildman–Crippen MR) is 118 cm³/mol. The molecule has 3 aromatic rings. The lowest BCUT2D eigenvalue weighted by Gasteiger charge is -2.09. The minimum atomic E-state index is -0.442. The van der Waals surface area contributed by atoms with E-state index in [-0.39, 0.29) is 18.4 Å². The van der Waals surface area contributed by atoms with Gasteiger partial charge in [-0.2, -0.15) is 0 Å². The molecular formula is C22H22N4O3S. The zero-order chi connectivity index (χ0) is 21.5. The van der Waals surface area contributed by atoms with Gasteiger partial charge in [0.2, 0.25) is 5.91 Å². The molecule has 0 saturated heterocycles. The van der Waals surface area contributed by atoms with E-state index in [1.54, 1.807) is 41.9 Å². The highest BCUT2D eigenvalue weighted by atomic mass is 32.1. The van der Waals surface area contributed by atoms with Gasteiger partial charge < -0.3 is 16.0 Å². The van der Waals surface area contributed by atoms with E-state index in [9.17, 15) is 14.4 Å². The summed E-state index contributed by atoms with van der Waals surface area (Å²) < 4.78 is 0. The average Bonchev–Trinajstić information content (AvgIpc) is 3.21. The second-order valence-electron chi connectivity index (χ2n) is 6.87. The highest BCUT2D eigenvalue weighted by molar-refractivity contribution is 7.14. The second-order valence-corrected chi connectivity index (χ2v) is 7.78. The molecule has 3 rings (SSSR count). The third-order valence-electron chi connectivity index (χ3n) is 4.33. The Morgan fingerprint density at radius 1 is 1.00 bits per heavy atom. The number of hydrogen-bond donors (Lipinski definition) is 3. The van der Waals surface area contributed by atoms with Gasteiger partial charge in [-0.25, -0.2) is 0 Å². The Bertz CT molecular complexity index is 1030. The van der Waals surface area contributed by atoms with Crippen molar-refractivity contribution in [2.75, 3.05) is 17.2 Å². The molecule has 0 fully saturated rings. The van der Waals surface area contributed by atoms with Crippen molar-refractivity contribution in [3.8, 4) is 0 Å². The van der Waals surface area contributed by atoms with Crippen LogP contribution in [0, 0.1) is 0 Å². The van der Waals surface area contributed by atoms with Crippen LogP contribution in [0.15, 0.2) is 60.2 Å². The third kappa shape index (κ3) is 5.51. The molecule has 2 aromatic heterocycles. The van der Waals surface area contributed by atoms with Gasteiger partial charge in [-0.05, 0) is 47.2 Å². The molecule has 0 atom stereocenters. The van der Waals surface area contributed by atoms with E-state index in [2.05, 4.69) is 34.8 Å². The molecule has 0 radical (unpaired) electrons. The standard InChI is InChI=1S/C22H22N4O3S/c1-14(2)15-5-7-16(8-6-15)20(28)26-22-18(9-11-30-22)21(29)24-13-19(27)25-17-4-3-10-23-12-17/h3-12,14H,13H2,1-2H3,(H,24,29)(H,25,27)(H,26,28). The Labute approximate surface area is 178 Å². The maximum atomic E-state index is 12.5. The largest absolute Gasteiger partial charge is 0.343 e. The van der Waals surface area contributed by atoms with Crippen LogP contribution in [0.25, 0.3) is 0 Å². The Balaban J connectivity index is 1.58. The molecule has 2 heterocycles. The summed E-state index contributed by atoms with van der Waals surface area (Å²) in [6.45, 7) is 3.97.